The van der Waals surface area contributed by atoms with Crippen LogP contribution in [0, 0.1) is 0 Å². The van der Waals surface area contributed by atoms with E-state index in [1.54, 1.807) is 6.92 Å². The van der Waals surface area contributed by atoms with Gasteiger partial charge < -0.3 is 5.32 Å². The molecule has 1 aromatic carbocycles. The fourth-order valence-corrected chi connectivity index (χ4v) is 3.12. The number of carbonyl (C=O) groups is 2. The van der Waals surface area contributed by atoms with E-state index in [0.29, 0.717) is 5.92 Å². The zero-order chi connectivity index (χ0) is 16.4. The minimum absolute atomic E-state index is 0.343. The summed E-state index contributed by atoms with van der Waals surface area (Å²) in [7, 11) is 1.47. The van der Waals surface area contributed by atoms with E-state index in [4.69, 9.17) is 0 Å². The topological polar surface area (TPSA) is 84.0 Å². The Balaban J connectivity index is 1.86. The number of para-hydroxylation sites is 1. The number of nitrogens with zero attached hydrogens (tertiary/aromatic N) is 2. The van der Waals surface area contributed by atoms with Gasteiger partial charge in [0, 0.05) is 18.4 Å². The highest BCUT2D eigenvalue weighted by molar-refractivity contribution is 8.00. The summed E-state index contributed by atoms with van der Waals surface area (Å²) in [6, 6.07) is 7.29. The number of hydrogen-bond donors (Lipinski definition) is 2. The Hall–Kier alpha value is -2.15. The van der Waals surface area contributed by atoms with Gasteiger partial charge in [-0.25, -0.2) is 14.8 Å². The molecule has 120 valence electrons. The van der Waals surface area contributed by atoms with Crippen LogP contribution < -0.4 is 10.6 Å². The van der Waals surface area contributed by atoms with E-state index in [9.17, 15) is 9.59 Å². The first-order valence-corrected chi connectivity index (χ1v) is 8.42. The molecule has 1 heterocycles. The largest absolute Gasteiger partial charge is 0.341 e. The Bertz CT molecular complexity index is 761. The third-order valence-electron chi connectivity index (χ3n) is 3.65. The van der Waals surface area contributed by atoms with Crippen molar-refractivity contribution in [1.82, 2.24) is 20.6 Å². The number of urea groups is 1. The fourth-order valence-electron chi connectivity index (χ4n) is 2.18. The molecule has 1 aliphatic carbocycles. The minimum atomic E-state index is -0.506. The Kier molecular flexibility index (Phi) is 4.47. The Morgan fingerprint density at radius 2 is 2.00 bits per heavy atom. The summed E-state index contributed by atoms with van der Waals surface area (Å²) in [6.07, 6.45) is 2.24. The summed E-state index contributed by atoms with van der Waals surface area (Å²) in [5.41, 5.74) is 0.894. The molecule has 2 aromatic rings. The number of carbonyl (C=O) groups excluding carboxylic acids is 2. The monoisotopic (exact) mass is 330 g/mol. The van der Waals surface area contributed by atoms with Crippen molar-refractivity contribution in [2.75, 3.05) is 7.05 Å². The summed E-state index contributed by atoms with van der Waals surface area (Å²) >= 11 is 1.35. The van der Waals surface area contributed by atoms with E-state index in [2.05, 4.69) is 20.6 Å². The van der Waals surface area contributed by atoms with E-state index < -0.39 is 11.3 Å². The van der Waals surface area contributed by atoms with Crippen LogP contribution in [0.4, 0.5) is 4.79 Å². The average molecular weight is 330 g/mol. The highest BCUT2D eigenvalue weighted by Crippen LogP contribution is 2.40. The highest BCUT2D eigenvalue weighted by atomic mass is 32.2. The van der Waals surface area contributed by atoms with E-state index in [1.165, 1.54) is 18.8 Å². The predicted molar refractivity (Wildman–Crippen MR) is 89.4 cm³/mol. The molecule has 0 aliphatic heterocycles. The van der Waals surface area contributed by atoms with Gasteiger partial charge in [-0.1, -0.05) is 30.0 Å². The van der Waals surface area contributed by atoms with Crippen molar-refractivity contribution in [1.29, 1.82) is 0 Å². The van der Waals surface area contributed by atoms with Gasteiger partial charge in [-0.15, -0.1) is 0 Å². The maximum Gasteiger partial charge on any atom is 0.321 e. The first kappa shape index (κ1) is 15.7. The SMILES string of the molecule is CNC(=O)NC(=O)C(C)Sc1nc(C2CC2)nc2ccccc12. The minimum Gasteiger partial charge on any atom is -0.341 e. The second kappa shape index (κ2) is 6.54. The number of thioether (sulfide) groups is 1. The summed E-state index contributed by atoms with van der Waals surface area (Å²) in [5.74, 6) is 0.948. The van der Waals surface area contributed by atoms with Crippen LogP contribution in [0.1, 0.15) is 31.5 Å². The fraction of sp³-hybridized carbons (Fsp3) is 0.375. The van der Waals surface area contributed by atoms with E-state index in [1.807, 2.05) is 24.3 Å². The summed E-state index contributed by atoms with van der Waals surface area (Å²) in [4.78, 5) is 32.6. The van der Waals surface area contributed by atoms with E-state index in [0.717, 1.165) is 34.6 Å². The second-order valence-electron chi connectivity index (χ2n) is 5.51. The van der Waals surface area contributed by atoms with Crippen LogP contribution in [0.3, 0.4) is 0 Å². The molecular weight excluding hydrogens is 312 g/mol. The van der Waals surface area contributed by atoms with Crippen LogP contribution in [0.15, 0.2) is 29.3 Å². The Morgan fingerprint density at radius 3 is 2.70 bits per heavy atom. The normalized spacial score (nSPS) is 15.2. The zero-order valence-corrected chi connectivity index (χ0v) is 13.8. The maximum absolute atomic E-state index is 12.0. The van der Waals surface area contributed by atoms with Gasteiger partial charge in [0.05, 0.1) is 10.8 Å². The molecule has 1 atom stereocenters. The van der Waals surface area contributed by atoms with Crippen molar-refractivity contribution < 1.29 is 9.59 Å². The molecule has 3 amide bonds. The number of nitrogens with one attached hydrogen (secondary N) is 2. The molecule has 0 bridgehead atoms. The molecule has 3 rings (SSSR count). The number of hydrogen-bond acceptors (Lipinski definition) is 5. The lowest BCUT2D eigenvalue weighted by molar-refractivity contribution is -0.119. The average Bonchev–Trinajstić information content (AvgIpc) is 3.39. The molecule has 0 radical (unpaired) electrons. The highest BCUT2D eigenvalue weighted by Gasteiger charge is 2.28. The van der Waals surface area contributed by atoms with Crippen LogP contribution in [-0.4, -0.2) is 34.2 Å². The molecule has 0 saturated heterocycles. The van der Waals surface area contributed by atoms with Crippen LogP contribution >= 0.6 is 11.8 Å². The lowest BCUT2D eigenvalue weighted by Gasteiger charge is -2.13. The second-order valence-corrected chi connectivity index (χ2v) is 6.84. The molecule has 1 fully saturated rings. The van der Waals surface area contributed by atoms with Crippen molar-refractivity contribution in [2.45, 2.75) is 36.0 Å². The van der Waals surface area contributed by atoms with Crippen LogP contribution in [0.5, 0.6) is 0 Å². The summed E-state index contributed by atoms with van der Waals surface area (Å²) in [5, 5.41) is 5.95. The lowest BCUT2D eigenvalue weighted by Crippen LogP contribution is -2.41. The molecule has 6 nitrogen and oxygen atoms in total. The predicted octanol–water partition coefficient (Wildman–Crippen LogP) is 2.44. The standard InChI is InChI=1S/C16H18N4O2S/c1-9(14(21)20-16(22)17-2)23-15-11-5-3-4-6-12(11)18-13(19-15)10-7-8-10/h3-6,9-10H,7-8H2,1-2H3,(H2,17,20,21,22). The van der Waals surface area contributed by atoms with Gasteiger partial charge in [0.1, 0.15) is 10.9 Å². The molecule has 1 aliphatic rings. The van der Waals surface area contributed by atoms with Gasteiger partial charge >= 0.3 is 6.03 Å². The van der Waals surface area contributed by atoms with Crippen molar-refractivity contribution in [3.05, 3.63) is 30.1 Å². The summed E-state index contributed by atoms with van der Waals surface area (Å²) in [6.45, 7) is 1.76. The molecule has 7 heteroatoms. The smallest absolute Gasteiger partial charge is 0.321 e. The molecule has 1 saturated carbocycles. The van der Waals surface area contributed by atoms with Crippen molar-refractivity contribution in [3.63, 3.8) is 0 Å². The van der Waals surface area contributed by atoms with Crippen molar-refractivity contribution in [3.8, 4) is 0 Å². The van der Waals surface area contributed by atoms with Gasteiger partial charge in [-0.2, -0.15) is 0 Å². The number of fused-ring (bicyclic) bond motifs is 1. The van der Waals surface area contributed by atoms with Gasteiger partial charge in [-0.05, 0) is 25.8 Å². The van der Waals surface area contributed by atoms with Crippen molar-refractivity contribution >= 4 is 34.6 Å². The number of benzene rings is 1. The van der Waals surface area contributed by atoms with Gasteiger partial charge in [0.25, 0.3) is 0 Å². The molecule has 0 spiro atoms. The zero-order valence-electron chi connectivity index (χ0n) is 13.0. The van der Waals surface area contributed by atoms with Crippen LogP contribution in [0.2, 0.25) is 0 Å². The third kappa shape index (κ3) is 3.61. The first-order valence-electron chi connectivity index (χ1n) is 7.54. The van der Waals surface area contributed by atoms with Gasteiger partial charge in [-0.3, -0.25) is 10.1 Å². The molecule has 2 N–H and O–H groups in total. The molecule has 1 unspecified atom stereocenters. The Morgan fingerprint density at radius 1 is 1.26 bits per heavy atom. The van der Waals surface area contributed by atoms with Gasteiger partial charge in [0.2, 0.25) is 5.91 Å². The van der Waals surface area contributed by atoms with Crippen LogP contribution in [0.25, 0.3) is 10.9 Å². The maximum atomic E-state index is 12.0. The lowest BCUT2D eigenvalue weighted by atomic mass is 10.2. The summed E-state index contributed by atoms with van der Waals surface area (Å²) < 4.78 is 0. The van der Waals surface area contributed by atoms with Crippen molar-refractivity contribution in [2.24, 2.45) is 0 Å². The first-order chi connectivity index (χ1) is 11.1. The van der Waals surface area contributed by atoms with E-state index >= 15 is 0 Å². The number of amides is 3. The van der Waals surface area contributed by atoms with E-state index in [-0.39, 0.29) is 5.91 Å². The molecule has 23 heavy (non-hydrogen) atoms. The molecular formula is C16H18N4O2S. The number of aromatic nitrogens is 2. The van der Waals surface area contributed by atoms with Gasteiger partial charge in [0.15, 0.2) is 0 Å². The molecule has 1 aromatic heterocycles. The van der Waals surface area contributed by atoms with Crippen LogP contribution in [-0.2, 0) is 4.79 Å². The Labute approximate surface area is 138 Å². The third-order valence-corrected chi connectivity index (χ3v) is 4.75. The number of rotatable bonds is 4. The quantitative estimate of drug-likeness (QED) is 0.664. The number of imide groups is 1.